The molecule has 78 valence electrons. The van der Waals surface area contributed by atoms with Crippen LogP contribution in [-0.2, 0) is 0 Å². The molecule has 0 saturated heterocycles. The highest BCUT2D eigenvalue weighted by Crippen LogP contribution is 2.24. The standard InChI is InChI=1S/C11H11FN2O/c1-8(15)11-9(12)3-2-4-10(11)14-6-5-13-7-14/h2-8,15H,1H3/t8-/m1/s1. The van der Waals surface area contributed by atoms with E-state index >= 15 is 0 Å². The van der Waals surface area contributed by atoms with Crippen molar-refractivity contribution in [2.45, 2.75) is 13.0 Å². The Bertz CT molecular complexity index is 452. The van der Waals surface area contributed by atoms with Gasteiger partial charge in [-0.05, 0) is 19.1 Å². The summed E-state index contributed by atoms with van der Waals surface area (Å²) >= 11 is 0. The molecular formula is C11H11FN2O. The Morgan fingerprint density at radius 2 is 2.27 bits per heavy atom. The van der Waals surface area contributed by atoms with Crippen molar-refractivity contribution in [3.05, 3.63) is 48.3 Å². The normalized spacial score (nSPS) is 12.7. The summed E-state index contributed by atoms with van der Waals surface area (Å²) in [7, 11) is 0. The first-order valence-corrected chi connectivity index (χ1v) is 4.65. The van der Waals surface area contributed by atoms with Gasteiger partial charge in [-0.2, -0.15) is 0 Å². The summed E-state index contributed by atoms with van der Waals surface area (Å²) in [6.45, 7) is 1.54. The first-order chi connectivity index (χ1) is 7.20. The fourth-order valence-electron chi connectivity index (χ4n) is 1.57. The van der Waals surface area contributed by atoms with Crippen molar-refractivity contribution in [3.8, 4) is 5.69 Å². The SMILES string of the molecule is C[C@@H](O)c1c(F)cccc1-n1ccnc1. The van der Waals surface area contributed by atoms with Crippen LogP contribution in [0.25, 0.3) is 5.69 Å². The molecule has 3 nitrogen and oxygen atoms in total. The zero-order chi connectivity index (χ0) is 10.8. The lowest BCUT2D eigenvalue weighted by Gasteiger charge is -2.13. The number of nitrogens with zero attached hydrogens (tertiary/aromatic N) is 2. The topological polar surface area (TPSA) is 38.0 Å². The van der Waals surface area contributed by atoms with E-state index in [4.69, 9.17) is 0 Å². The quantitative estimate of drug-likeness (QED) is 0.816. The number of aliphatic hydroxyl groups is 1. The van der Waals surface area contributed by atoms with E-state index in [1.807, 2.05) is 0 Å². The van der Waals surface area contributed by atoms with Gasteiger partial charge in [0.15, 0.2) is 0 Å². The molecule has 2 aromatic rings. The average molecular weight is 206 g/mol. The zero-order valence-corrected chi connectivity index (χ0v) is 8.26. The molecular weight excluding hydrogens is 195 g/mol. The summed E-state index contributed by atoms with van der Waals surface area (Å²) in [4.78, 5) is 3.89. The second-order valence-corrected chi connectivity index (χ2v) is 3.32. The summed E-state index contributed by atoms with van der Waals surface area (Å²) in [5.74, 6) is -0.406. The molecule has 1 atom stereocenters. The van der Waals surface area contributed by atoms with Crippen molar-refractivity contribution in [1.82, 2.24) is 9.55 Å². The summed E-state index contributed by atoms with van der Waals surface area (Å²) in [6, 6.07) is 4.69. The van der Waals surface area contributed by atoms with Crippen molar-refractivity contribution in [2.75, 3.05) is 0 Å². The van der Waals surface area contributed by atoms with E-state index in [9.17, 15) is 9.50 Å². The lowest BCUT2D eigenvalue weighted by molar-refractivity contribution is 0.194. The van der Waals surface area contributed by atoms with Gasteiger partial charge in [-0.15, -0.1) is 0 Å². The van der Waals surface area contributed by atoms with Crippen molar-refractivity contribution < 1.29 is 9.50 Å². The second-order valence-electron chi connectivity index (χ2n) is 3.32. The Morgan fingerprint density at radius 1 is 1.47 bits per heavy atom. The van der Waals surface area contributed by atoms with E-state index < -0.39 is 11.9 Å². The van der Waals surface area contributed by atoms with E-state index in [-0.39, 0.29) is 5.56 Å². The Hall–Kier alpha value is -1.68. The highest BCUT2D eigenvalue weighted by Gasteiger charge is 2.14. The maximum Gasteiger partial charge on any atom is 0.131 e. The maximum absolute atomic E-state index is 13.5. The molecule has 0 aliphatic heterocycles. The number of aromatic nitrogens is 2. The molecule has 0 spiro atoms. The minimum atomic E-state index is -0.844. The predicted octanol–water partition coefficient (Wildman–Crippen LogP) is 2.06. The van der Waals surface area contributed by atoms with E-state index in [1.165, 1.54) is 6.07 Å². The van der Waals surface area contributed by atoms with Gasteiger partial charge < -0.3 is 9.67 Å². The first kappa shape index (κ1) is 9.86. The third kappa shape index (κ3) is 1.76. The van der Waals surface area contributed by atoms with Crippen LogP contribution in [0.15, 0.2) is 36.9 Å². The van der Waals surface area contributed by atoms with Crippen LogP contribution in [0.4, 0.5) is 4.39 Å². The number of imidazole rings is 1. The Morgan fingerprint density at radius 3 is 2.87 bits per heavy atom. The molecule has 4 heteroatoms. The van der Waals surface area contributed by atoms with Gasteiger partial charge in [0.05, 0.1) is 18.1 Å². The van der Waals surface area contributed by atoms with E-state index in [0.717, 1.165) is 0 Å². The lowest BCUT2D eigenvalue weighted by Crippen LogP contribution is -2.03. The number of hydrogen-bond donors (Lipinski definition) is 1. The highest BCUT2D eigenvalue weighted by molar-refractivity contribution is 5.43. The summed E-state index contributed by atoms with van der Waals surface area (Å²) in [6.07, 6.45) is 4.04. The van der Waals surface area contributed by atoms with Gasteiger partial charge in [-0.1, -0.05) is 6.07 Å². The Balaban J connectivity index is 2.61. The van der Waals surface area contributed by atoms with E-state index in [0.29, 0.717) is 5.69 Å². The van der Waals surface area contributed by atoms with Gasteiger partial charge >= 0.3 is 0 Å². The molecule has 0 unspecified atom stereocenters. The van der Waals surface area contributed by atoms with Gasteiger partial charge in [0.2, 0.25) is 0 Å². The molecule has 0 saturated carbocycles. The highest BCUT2D eigenvalue weighted by atomic mass is 19.1. The first-order valence-electron chi connectivity index (χ1n) is 4.65. The average Bonchev–Trinajstić information content (AvgIpc) is 2.69. The Kier molecular flexibility index (Phi) is 2.51. The molecule has 0 aliphatic rings. The van der Waals surface area contributed by atoms with Crippen LogP contribution in [-0.4, -0.2) is 14.7 Å². The van der Waals surface area contributed by atoms with Crippen LogP contribution in [0, 0.1) is 5.82 Å². The smallest absolute Gasteiger partial charge is 0.131 e. The molecule has 0 radical (unpaired) electrons. The fourth-order valence-corrected chi connectivity index (χ4v) is 1.57. The van der Waals surface area contributed by atoms with Crippen molar-refractivity contribution in [3.63, 3.8) is 0 Å². The van der Waals surface area contributed by atoms with Gasteiger partial charge in [0, 0.05) is 18.0 Å². The van der Waals surface area contributed by atoms with Crippen LogP contribution in [0.5, 0.6) is 0 Å². The predicted molar refractivity (Wildman–Crippen MR) is 54.2 cm³/mol. The maximum atomic E-state index is 13.5. The van der Waals surface area contributed by atoms with Gasteiger partial charge in [0.1, 0.15) is 5.82 Å². The third-order valence-electron chi connectivity index (χ3n) is 2.23. The summed E-state index contributed by atoms with van der Waals surface area (Å²) < 4.78 is 15.2. The van der Waals surface area contributed by atoms with Crippen molar-refractivity contribution >= 4 is 0 Å². The second kappa shape index (κ2) is 3.82. The van der Waals surface area contributed by atoms with E-state index in [2.05, 4.69) is 4.98 Å². The molecule has 0 amide bonds. The largest absolute Gasteiger partial charge is 0.389 e. The fraction of sp³-hybridized carbons (Fsp3) is 0.182. The van der Waals surface area contributed by atoms with Crippen LogP contribution in [0.3, 0.4) is 0 Å². The minimum absolute atomic E-state index is 0.288. The minimum Gasteiger partial charge on any atom is -0.389 e. The number of aliphatic hydroxyl groups excluding tert-OH is 1. The molecule has 1 N–H and O–H groups in total. The van der Waals surface area contributed by atoms with Crippen LogP contribution in [0.1, 0.15) is 18.6 Å². The zero-order valence-electron chi connectivity index (χ0n) is 8.26. The van der Waals surface area contributed by atoms with Crippen LogP contribution >= 0.6 is 0 Å². The lowest BCUT2D eigenvalue weighted by atomic mass is 10.1. The third-order valence-corrected chi connectivity index (χ3v) is 2.23. The summed E-state index contributed by atoms with van der Waals surface area (Å²) in [5.41, 5.74) is 0.901. The number of rotatable bonds is 2. The molecule has 1 aromatic heterocycles. The van der Waals surface area contributed by atoms with E-state index in [1.54, 1.807) is 42.3 Å². The number of hydrogen-bond acceptors (Lipinski definition) is 2. The molecule has 0 bridgehead atoms. The van der Waals surface area contributed by atoms with Gasteiger partial charge in [0.25, 0.3) is 0 Å². The molecule has 2 rings (SSSR count). The summed E-state index contributed by atoms with van der Waals surface area (Å²) in [5, 5.41) is 9.51. The molecule has 1 heterocycles. The van der Waals surface area contributed by atoms with Crippen molar-refractivity contribution in [1.29, 1.82) is 0 Å². The Labute approximate surface area is 86.8 Å². The van der Waals surface area contributed by atoms with Gasteiger partial charge in [-0.25, -0.2) is 9.37 Å². The molecule has 15 heavy (non-hydrogen) atoms. The number of benzene rings is 1. The molecule has 0 aliphatic carbocycles. The monoisotopic (exact) mass is 206 g/mol. The molecule has 1 aromatic carbocycles. The number of halogens is 1. The van der Waals surface area contributed by atoms with Gasteiger partial charge in [-0.3, -0.25) is 0 Å². The van der Waals surface area contributed by atoms with Crippen molar-refractivity contribution in [2.24, 2.45) is 0 Å². The van der Waals surface area contributed by atoms with Crippen LogP contribution in [0.2, 0.25) is 0 Å². The molecule has 0 fully saturated rings. The van der Waals surface area contributed by atoms with Crippen LogP contribution < -0.4 is 0 Å².